The van der Waals surface area contributed by atoms with Gasteiger partial charge in [0.15, 0.2) is 4.83 Å². The number of carbonyl (C=O) groups excluding carboxylic acids is 1. The largest absolute Gasteiger partial charge is 0.491 e. The molecule has 0 saturated heterocycles. The van der Waals surface area contributed by atoms with Gasteiger partial charge < -0.3 is 20.1 Å². The molecule has 2 heterocycles. The van der Waals surface area contributed by atoms with Crippen molar-refractivity contribution in [3.05, 3.63) is 81.8 Å². The van der Waals surface area contributed by atoms with Crippen molar-refractivity contribution in [1.29, 1.82) is 0 Å². The van der Waals surface area contributed by atoms with Gasteiger partial charge in [0.2, 0.25) is 5.91 Å². The van der Waals surface area contributed by atoms with E-state index < -0.39 is 34.5 Å². The molecule has 1 aromatic carbocycles. The number of ether oxygens (including phenoxy) is 1. The topological polar surface area (TPSA) is 78.9 Å². The van der Waals surface area contributed by atoms with Crippen molar-refractivity contribution >= 4 is 39.3 Å². The summed E-state index contributed by atoms with van der Waals surface area (Å²) < 4.78 is 33.1. The molecule has 0 radical (unpaired) electrons. The molecule has 2 unspecified atom stereocenters. The number of carboxylic acid groups (broad SMARTS) is 1. The number of benzene rings is 1. The monoisotopic (exact) mass is 540 g/mol. The quantitative estimate of drug-likeness (QED) is 0.333. The van der Waals surface area contributed by atoms with E-state index in [-0.39, 0.29) is 31.0 Å². The SMILES string of the molecule is C=CCC1=C(OCc2ccc(F)cc2F)C(Br)C(=O)NC1CN(CCc1ccsc1)C(=O)O. The second kappa shape index (κ2) is 11.4. The smallest absolute Gasteiger partial charge is 0.407 e. The molecular formula is C23H23BrF2N2O4S. The highest BCUT2D eigenvalue weighted by atomic mass is 79.9. The van der Waals surface area contributed by atoms with E-state index in [1.54, 1.807) is 6.08 Å². The van der Waals surface area contributed by atoms with Crippen LogP contribution in [-0.4, -0.2) is 46.0 Å². The summed E-state index contributed by atoms with van der Waals surface area (Å²) in [4.78, 5) is 24.9. The number of nitrogens with zero attached hydrogens (tertiary/aromatic N) is 1. The van der Waals surface area contributed by atoms with E-state index in [1.165, 1.54) is 22.3 Å². The first-order valence-electron chi connectivity index (χ1n) is 10.1. The predicted molar refractivity (Wildman–Crippen MR) is 125 cm³/mol. The zero-order chi connectivity index (χ0) is 24.0. The molecule has 2 amide bonds. The average molecular weight is 541 g/mol. The maximum atomic E-state index is 14.0. The highest BCUT2D eigenvalue weighted by Crippen LogP contribution is 2.29. The predicted octanol–water partition coefficient (Wildman–Crippen LogP) is 4.86. The lowest BCUT2D eigenvalue weighted by Gasteiger charge is -2.34. The summed E-state index contributed by atoms with van der Waals surface area (Å²) >= 11 is 4.84. The van der Waals surface area contributed by atoms with Crippen LogP contribution in [0.25, 0.3) is 0 Å². The van der Waals surface area contributed by atoms with Crippen LogP contribution in [0.4, 0.5) is 13.6 Å². The molecular weight excluding hydrogens is 518 g/mol. The van der Waals surface area contributed by atoms with E-state index in [4.69, 9.17) is 4.74 Å². The van der Waals surface area contributed by atoms with Gasteiger partial charge in [0.25, 0.3) is 0 Å². The third kappa shape index (κ3) is 6.42. The van der Waals surface area contributed by atoms with E-state index >= 15 is 0 Å². The van der Waals surface area contributed by atoms with Crippen molar-refractivity contribution in [3.8, 4) is 0 Å². The van der Waals surface area contributed by atoms with Crippen LogP contribution in [0, 0.1) is 11.6 Å². The second-order valence-corrected chi connectivity index (χ2v) is 9.14. The van der Waals surface area contributed by atoms with Gasteiger partial charge >= 0.3 is 6.09 Å². The Hall–Kier alpha value is -2.72. The average Bonchev–Trinajstić information content (AvgIpc) is 3.28. The molecule has 2 N–H and O–H groups in total. The van der Waals surface area contributed by atoms with E-state index in [9.17, 15) is 23.5 Å². The molecule has 1 aromatic heterocycles. The number of nitrogens with one attached hydrogen (secondary N) is 1. The lowest BCUT2D eigenvalue weighted by Crippen LogP contribution is -2.52. The number of alkyl halides is 1. The molecule has 0 fully saturated rings. The lowest BCUT2D eigenvalue weighted by molar-refractivity contribution is -0.121. The Bertz CT molecular complexity index is 1050. The Labute approximate surface area is 202 Å². The first kappa shape index (κ1) is 24.9. The molecule has 0 saturated carbocycles. The van der Waals surface area contributed by atoms with Crippen molar-refractivity contribution in [3.63, 3.8) is 0 Å². The molecule has 10 heteroatoms. The summed E-state index contributed by atoms with van der Waals surface area (Å²) in [5.41, 5.74) is 1.80. The number of carbonyl (C=O) groups is 2. The molecule has 1 aliphatic rings. The fourth-order valence-corrected chi connectivity index (χ4v) is 4.75. The molecule has 33 heavy (non-hydrogen) atoms. The molecule has 2 atom stereocenters. The number of thiophene rings is 1. The maximum absolute atomic E-state index is 14.0. The Morgan fingerprint density at radius 1 is 1.36 bits per heavy atom. The van der Waals surface area contributed by atoms with Gasteiger partial charge in [-0.1, -0.05) is 22.0 Å². The van der Waals surface area contributed by atoms with Crippen LogP contribution in [0.2, 0.25) is 0 Å². The van der Waals surface area contributed by atoms with Crippen LogP contribution in [0.1, 0.15) is 17.5 Å². The van der Waals surface area contributed by atoms with Gasteiger partial charge in [-0.15, -0.1) is 6.58 Å². The third-order valence-electron chi connectivity index (χ3n) is 5.20. The summed E-state index contributed by atoms with van der Waals surface area (Å²) in [6, 6.07) is 4.46. The molecule has 6 nitrogen and oxygen atoms in total. The van der Waals surface area contributed by atoms with E-state index in [1.807, 2.05) is 16.8 Å². The van der Waals surface area contributed by atoms with E-state index in [0.717, 1.165) is 17.7 Å². The first-order valence-corrected chi connectivity index (χ1v) is 12.0. The van der Waals surface area contributed by atoms with Crippen molar-refractivity contribution < 1.29 is 28.2 Å². The summed E-state index contributed by atoms with van der Waals surface area (Å²) in [6.45, 7) is 3.81. The normalized spacial score (nSPS) is 18.1. The first-order chi connectivity index (χ1) is 15.8. The zero-order valence-electron chi connectivity index (χ0n) is 17.6. The molecule has 2 aromatic rings. The highest BCUT2D eigenvalue weighted by molar-refractivity contribution is 9.10. The lowest BCUT2D eigenvalue weighted by atomic mass is 9.96. The van der Waals surface area contributed by atoms with Crippen molar-refractivity contribution in [1.82, 2.24) is 10.2 Å². The van der Waals surface area contributed by atoms with Crippen molar-refractivity contribution in [2.24, 2.45) is 0 Å². The Balaban J connectivity index is 1.82. The molecule has 176 valence electrons. The molecule has 0 spiro atoms. The van der Waals surface area contributed by atoms with Gasteiger partial charge in [-0.2, -0.15) is 11.3 Å². The summed E-state index contributed by atoms with van der Waals surface area (Å²) in [6.07, 6.45) is 1.39. The number of amides is 2. The van der Waals surface area contributed by atoms with Crippen LogP contribution in [-0.2, 0) is 22.6 Å². The van der Waals surface area contributed by atoms with Crippen LogP contribution >= 0.6 is 27.3 Å². The van der Waals surface area contributed by atoms with Crippen LogP contribution < -0.4 is 5.32 Å². The number of rotatable bonds is 10. The zero-order valence-corrected chi connectivity index (χ0v) is 20.0. The number of allylic oxidation sites excluding steroid dienone is 1. The maximum Gasteiger partial charge on any atom is 0.407 e. The summed E-state index contributed by atoms with van der Waals surface area (Å²) in [5, 5.41) is 16.4. The molecule has 1 aliphatic heterocycles. The Kier molecular flexibility index (Phi) is 8.62. The van der Waals surface area contributed by atoms with Gasteiger partial charge in [0, 0.05) is 24.7 Å². The van der Waals surface area contributed by atoms with Gasteiger partial charge in [-0.05, 0) is 52.9 Å². The van der Waals surface area contributed by atoms with Crippen molar-refractivity contribution in [2.45, 2.75) is 30.3 Å². The second-order valence-electron chi connectivity index (χ2n) is 7.44. The molecule has 3 rings (SSSR count). The Morgan fingerprint density at radius 3 is 2.79 bits per heavy atom. The minimum Gasteiger partial charge on any atom is -0.491 e. The van der Waals surface area contributed by atoms with Crippen LogP contribution in [0.15, 0.2) is 59.0 Å². The van der Waals surface area contributed by atoms with Crippen LogP contribution in [0.5, 0.6) is 0 Å². The standard InChI is InChI=1S/C23H23BrF2N2O4S/c1-2-3-17-19(11-28(23(30)31)8-6-14-7-9-33-13-14)27-22(29)20(24)21(17)32-12-15-4-5-16(25)10-18(15)26/h2,4-5,7,9-10,13,19-20H,1,3,6,8,11-12H2,(H,27,29)(H,30,31). The third-order valence-corrected chi connectivity index (χ3v) is 6.76. The van der Waals surface area contributed by atoms with Gasteiger partial charge in [0.05, 0.1) is 6.04 Å². The Morgan fingerprint density at radius 2 is 2.15 bits per heavy atom. The fraction of sp³-hybridized carbons (Fsp3) is 0.304. The fourth-order valence-electron chi connectivity index (χ4n) is 3.48. The number of hydrogen-bond acceptors (Lipinski definition) is 4. The highest BCUT2D eigenvalue weighted by Gasteiger charge is 2.36. The number of hydrogen-bond donors (Lipinski definition) is 2. The van der Waals surface area contributed by atoms with Gasteiger partial charge in [0.1, 0.15) is 24.0 Å². The summed E-state index contributed by atoms with van der Waals surface area (Å²) in [5.74, 6) is -1.58. The molecule has 0 bridgehead atoms. The van der Waals surface area contributed by atoms with Crippen molar-refractivity contribution in [2.75, 3.05) is 13.1 Å². The van der Waals surface area contributed by atoms with Crippen LogP contribution in [0.3, 0.4) is 0 Å². The van der Waals surface area contributed by atoms with E-state index in [2.05, 4.69) is 27.8 Å². The minimum absolute atomic E-state index is 0.0197. The number of halogens is 3. The van der Waals surface area contributed by atoms with Gasteiger partial charge in [-0.3, -0.25) is 4.79 Å². The molecule has 0 aliphatic carbocycles. The summed E-state index contributed by atoms with van der Waals surface area (Å²) in [7, 11) is 0. The van der Waals surface area contributed by atoms with Gasteiger partial charge in [-0.25, -0.2) is 13.6 Å². The minimum atomic E-state index is -1.10. The van der Waals surface area contributed by atoms with E-state index in [0.29, 0.717) is 18.4 Å².